The van der Waals surface area contributed by atoms with Gasteiger partial charge in [-0.1, -0.05) is 19.8 Å². The second-order valence-electron chi connectivity index (χ2n) is 4.51. The predicted octanol–water partition coefficient (Wildman–Crippen LogP) is 2.77. The summed E-state index contributed by atoms with van der Waals surface area (Å²) >= 11 is 0. The molecule has 0 saturated carbocycles. The van der Waals surface area contributed by atoms with Crippen LogP contribution in [0, 0.1) is 17.1 Å². The number of ether oxygens (including phenoxy) is 1. The van der Waals surface area contributed by atoms with Gasteiger partial charge in [0, 0.05) is 12.6 Å². The van der Waals surface area contributed by atoms with Gasteiger partial charge >= 0.3 is 0 Å². The molecule has 0 radical (unpaired) electrons. The van der Waals surface area contributed by atoms with Gasteiger partial charge in [-0.15, -0.1) is 0 Å². The fraction of sp³-hybridized carbons (Fsp3) is 0.467. The number of amides is 1. The van der Waals surface area contributed by atoms with E-state index in [1.165, 1.54) is 12.1 Å². The highest BCUT2D eigenvalue weighted by Crippen LogP contribution is 2.17. The van der Waals surface area contributed by atoms with Crippen LogP contribution in [-0.4, -0.2) is 18.6 Å². The zero-order chi connectivity index (χ0) is 15.0. The number of nitriles is 1. The van der Waals surface area contributed by atoms with E-state index in [0.29, 0.717) is 6.54 Å². The van der Waals surface area contributed by atoms with E-state index < -0.39 is 11.9 Å². The molecule has 0 heterocycles. The Balaban J connectivity index is 2.49. The Morgan fingerprint density at radius 3 is 2.85 bits per heavy atom. The molecule has 1 N–H and O–H groups in total. The summed E-state index contributed by atoms with van der Waals surface area (Å²) in [5.74, 6) is -0.649. The van der Waals surface area contributed by atoms with E-state index in [9.17, 15) is 9.18 Å². The summed E-state index contributed by atoms with van der Waals surface area (Å²) in [5, 5.41) is 11.4. The molecule has 1 aromatic carbocycles. The Morgan fingerprint density at radius 1 is 1.50 bits per heavy atom. The monoisotopic (exact) mass is 278 g/mol. The van der Waals surface area contributed by atoms with Gasteiger partial charge in [0.25, 0.3) is 5.91 Å². The molecule has 1 rings (SSSR count). The van der Waals surface area contributed by atoms with Gasteiger partial charge < -0.3 is 10.1 Å². The molecule has 5 heteroatoms. The van der Waals surface area contributed by atoms with Gasteiger partial charge in [-0.05, 0) is 25.5 Å². The van der Waals surface area contributed by atoms with Crippen LogP contribution in [0.15, 0.2) is 18.2 Å². The maximum absolute atomic E-state index is 13.4. The van der Waals surface area contributed by atoms with Crippen molar-refractivity contribution in [2.45, 2.75) is 39.2 Å². The summed E-state index contributed by atoms with van der Waals surface area (Å²) in [6.45, 7) is 4.31. The SMILES string of the molecule is CCCCCNC(=O)C(C)Oc1ccc(C#N)c(F)c1. The third-order valence-corrected chi connectivity index (χ3v) is 2.82. The van der Waals surface area contributed by atoms with Crippen LogP contribution in [0.4, 0.5) is 4.39 Å². The molecule has 0 saturated heterocycles. The van der Waals surface area contributed by atoms with Crippen molar-refractivity contribution in [1.29, 1.82) is 5.26 Å². The topological polar surface area (TPSA) is 62.1 Å². The number of nitrogens with one attached hydrogen (secondary N) is 1. The number of benzene rings is 1. The smallest absolute Gasteiger partial charge is 0.260 e. The van der Waals surface area contributed by atoms with E-state index in [4.69, 9.17) is 10.00 Å². The molecule has 1 atom stereocenters. The van der Waals surface area contributed by atoms with Gasteiger partial charge in [-0.2, -0.15) is 5.26 Å². The lowest BCUT2D eigenvalue weighted by atomic mass is 10.2. The Kier molecular flexibility index (Phi) is 6.51. The molecule has 1 aromatic rings. The molecule has 0 aliphatic heterocycles. The number of halogens is 1. The Bertz CT molecular complexity index is 497. The van der Waals surface area contributed by atoms with Crippen molar-refractivity contribution in [3.63, 3.8) is 0 Å². The number of hydrogen-bond donors (Lipinski definition) is 1. The molecule has 108 valence electrons. The minimum Gasteiger partial charge on any atom is -0.481 e. The Labute approximate surface area is 118 Å². The molecule has 0 fully saturated rings. The average molecular weight is 278 g/mol. The lowest BCUT2D eigenvalue weighted by molar-refractivity contribution is -0.127. The van der Waals surface area contributed by atoms with E-state index in [1.54, 1.807) is 13.0 Å². The Morgan fingerprint density at radius 2 is 2.25 bits per heavy atom. The van der Waals surface area contributed by atoms with Crippen molar-refractivity contribution >= 4 is 5.91 Å². The zero-order valence-corrected chi connectivity index (χ0v) is 11.8. The summed E-state index contributed by atoms with van der Waals surface area (Å²) in [7, 11) is 0. The van der Waals surface area contributed by atoms with Crippen LogP contribution >= 0.6 is 0 Å². The van der Waals surface area contributed by atoms with Gasteiger partial charge in [0.15, 0.2) is 6.10 Å². The lowest BCUT2D eigenvalue weighted by Crippen LogP contribution is -2.36. The lowest BCUT2D eigenvalue weighted by Gasteiger charge is -2.14. The van der Waals surface area contributed by atoms with Crippen LogP contribution in [0.1, 0.15) is 38.7 Å². The third kappa shape index (κ3) is 4.88. The number of hydrogen-bond acceptors (Lipinski definition) is 3. The molecular weight excluding hydrogens is 259 g/mol. The second kappa shape index (κ2) is 8.16. The van der Waals surface area contributed by atoms with Crippen LogP contribution in [0.3, 0.4) is 0 Å². The Hall–Kier alpha value is -2.09. The predicted molar refractivity (Wildman–Crippen MR) is 73.7 cm³/mol. The normalized spacial score (nSPS) is 11.5. The number of rotatable bonds is 7. The van der Waals surface area contributed by atoms with Crippen LogP contribution in [0.2, 0.25) is 0 Å². The molecule has 1 amide bonds. The molecule has 1 unspecified atom stereocenters. The van der Waals surface area contributed by atoms with Crippen LogP contribution < -0.4 is 10.1 Å². The summed E-state index contributed by atoms with van der Waals surface area (Å²) in [5.41, 5.74) is -0.0472. The van der Waals surface area contributed by atoms with Crippen molar-refractivity contribution < 1.29 is 13.9 Å². The second-order valence-corrected chi connectivity index (χ2v) is 4.51. The van der Waals surface area contributed by atoms with Crippen LogP contribution in [0.25, 0.3) is 0 Å². The molecule has 0 aliphatic rings. The highest BCUT2D eigenvalue weighted by Gasteiger charge is 2.14. The first-order valence-electron chi connectivity index (χ1n) is 6.72. The summed E-state index contributed by atoms with van der Waals surface area (Å²) in [6, 6.07) is 5.64. The van der Waals surface area contributed by atoms with Crippen molar-refractivity contribution in [3.8, 4) is 11.8 Å². The van der Waals surface area contributed by atoms with Crippen molar-refractivity contribution in [2.24, 2.45) is 0 Å². The number of carbonyl (C=O) groups is 1. The average Bonchev–Trinajstić information content (AvgIpc) is 2.43. The number of nitrogens with zero attached hydrogens (tertiary/aromatic N) is 1. The van der Waals surface area contributed by atoms with Gasteiger partial charge in [0.1, 0.15) is 17.6 Å². The van der Waals surface area contributed by atoms with E-state index in [-0.39, 0.29) is 17.2 Å². The summed E-state index contributed by atoms with van der Waals surface area (Å²) < 4.78 is 18.7. The fourth-order valence-electron chi connectivity index (χ4n) is 1.65. The zero-order valence-electron chi connectivity index (χ0n) is 11.8. The van der Waals surface area contributed by atoms with E-state index in [0.717, 1.165) is 25.3 Å². The van der Waals surface area contributed by atoms with E-state index in [2.05, 4.69) is 12.2 Å². The third-order valence-electron chi connectivity index (χ3n) is 2.82. The highest BCUT2D eigenvalue weighted by atomic mass is 19.1. The van der Waals surface area contributed by atoms with Gasteiger partial charge in [-0.3, -0.25) is 4.79 Å². The van der Waals surface area contributed by atoms with Gasteiger partial charge in [0.2, 0.25) is 0 Å². The number of unbranched alkanes of at least 4 members (excludes halogenated alkanes) is 2. The minimum atomic E-state index is -0.705. The van der Waals surface area contributed by atoms with Crippen LogP contribution in [-0.2, 0) is 4.79 Å². The molecule has 0 bridgehead atoms. The molecule has 20 heavy (non-hydrogen) atoms. The molecular formula is C15H19FN2O2. The van der Waals surface area contributed by atoms with Gasteiger partial charge in [0.05, 0.1) is 5.56 Å². The minimum absolute atomic E-state index is 0.0472. The standard InChI is InChI=1S/C15H19FN2O2/c1-3-4-5-8-18-15(19)11(2)20-13-7-6-12(10-17)14(16)9-13/h6-7,9,11H,3-5,8H2,1-2H3,(H,18,19). The quantitative estimate of drug-likeness (QED) is 0.780. The van der Waals surface area contributed by atoms with E-state index in [1.807, 2.05) is 0 Å². The van der Waals surface area contributed by atoms with Crippen molar-refractivity contribution in [3.05, 3.63) is 29.6 Å². The molecule has 0 aromatic heterocycles. The first kappa shape index (κ1) is 16.0. The van der Waals surface area contributed by atoms with E-state index >= 15 is 0 Å². The first-order valence-corrected chi connectivity index (χ1v) is 6.72. The van der Waals surface area contributed by atoms with Gasteiger partial charge in [-0.25, -0.2) is 4.39 Å². The fourth-order valence-corrected chi connectivity index (χ4v) is 1.65. The highest BCUT2D eigenvalue weighted by molar-refractivity contribution is 5.80. The van der Waals surface area contributed by atoms with Crippen molar-refractivity contribution in [1.82, 2.24) is 5.32 Å². The summed E-state index contributed by atoms with van der Waals surface area (Å²) in [4.78, 5) is 11.7. The molecule has 0 aliphatic carbocycles. The first-order chi connectivity index (χ1) is 9.58. The summed E-state index contributed by atoms with van der Waals surface area (Å²) in [6.07, 6.45) is 2.38. The van der Waals surface area contributed by atoms with Crippen molar-refractivity contribution in [2.75, 3.05) is 6.54 Å². The maximum Gasteiger partial charge on any atom is 0.260 e. The van der Waals surface area contributed by atoms with Crippen LogP contribution in [0.5, 0.6) is 5.75 Å². The number of carbonyl (C=O) groups excluding carboxylic acids is 1. The largest absolute Gasteiger partial charge is 0.481 e. The molecule has 0 spiro atoms. The molecule has 4 nitrogen and oxygen atoms in total. The maximum atomic E-state index is 13.4.